The summed E-state index contributed by atoms with van der Waals surface area (Å²) in [4.78, 5) is 23.2. The molecule has 2 aromatic rings. The molecule has 0 fully saturated rings. The summed E-state index contributed by atoms with van der Waals surface area (Å²) in [5.74, 6) is -2.61. The Balaban J connectivity index is 2.10. The number of rotatable bonds is 5. The number of carboxylic acids is 1. The number of amides is 1. The Bertz CT molecular complexity index is 983. The molecule has 7 nitrogen and oxygen atoms in total. The molecule has 1 heterocycles. The lowest BCUT2D eigenvalue weighted by atomic mass is 9.91. The van der Waals surface area contributed by atoms with Gasteiger partial charge in [-0.15, -0.1) is 0 Å². The molecule has 0 aromatic heterocycles. The molecule has 8 heteroatoms. The number of benzene rings is 2. The second-order valence-corrected chi connectivity index (χ2v) is 6.04. The van der Waals surface area contributed by atoms with Crippen molar-refractivity contribution in [2.75, 3.05) is 6.54 Å². The van der Waals surface area contributed by atoms with Crippen molar-refractivity contribution in [3.8, 4) is 11.1 Å². The maximum absolute atomic E-state index is 13.3. The van der Waals surface area contributed by atoms with E-state index < -0.39 is 18.4 Å². The zero-order chi connectivity index (χ0) is 20.3. The molecular formula is C20H18FN3O4. The van der Waals surface area contributed by atoms with Gasteiger partial charge in [-0.2, -0.15) is 5.10 Å². The van der Waals surface area contributed by atoms with Crippen LogP contribution >= 0.6 is 0 Å². The first-order valence-electron chi connectivity index (χ1n) is 8.50. The largest absolute Gasteiger partial charge is 0.505 e. The van der Waals surface area contributed by atoms with Crippen LogP contribution in [0, 0.1) is 5.82 Å². The molecule has 0 bridgehead atoms. The monoisotopic (exact) mass is 383 g/mol. The van der Waals surface area contributed by atoms with E-state index in [-0.39, 0.29) is 23.8 Å². The highest BCUT2D eigenvalue weighted by Crippen LogP contribution is 2.36. The van der Waals surface area contributed by atoms with Gasteiger partial charge in [0.2, 0.25) is 0 Å². The molecule has 3 N–H and O–H groups in total. The van der Waals surface area contributed by atoms with Gasteiger partial charge in [0.15, 0.2) is 11.5 Å². The second-order valence-electron chi connectivity index (χ2n) is 6.04. The van der Waals surface area contributed by atoms with E-state index in [1.165, 1.54) is 23.4 Å². The summed E-state index contributed by atoms with van der Waals surface area (Å²) >= 11 is 0. The quantitative estimate of drug-likeness (QED) is 0.689. The fourth-order valence-corrected chi connectivity index (χ4v) is 3.06. The standard InChI is InChI=1S/C20H18FN3O4/c1-2-23-24-11-16-14(12-6-8-13(21)9-7-12)4-3-5-15(16)19(27)18(24)20(28)22-10-17(25)26/h2-9,27H,10-11H2,1H3,(H,22,28)(H,25,26)/b23-2-. The zero-order valence-corrected chi connectivity index (χ0v) is 15.0. The molecule has 28 heavy (non-hydrogen) atoms. The van der Waals surface area contributed by atoms with Crippen LogP contribution in [0.15, 0.2) is 53.3 Å². The average molecular weight is 383 g/mol. The number of halogens is 1. The minimum Gasteiger partial charge on any atom is -0.505 e. The number of aliphatic carboxylic acids is 1. The molecule has 144 valence electrons. The van der Waals surface area contributed by atoms with Gasteiger partial charge in [-0.3, -0.25) is 14.6 Å². The average Bonchev–Trinajstić information content (AvgIpc) is 2.67. The smallest absolute Gasteiger partial charge is 0.322 e. The summed E-state index contributed by atoms with van der Waals surface area (Å²) in [5, 5.41) is 27.2. The summed E-state index contributed by atoms with van der Waals surface area (Å²) < 4.78 is 13.3. The van der Waals surface area contributed by atoms with E-state index in [1.54, 1.807) is 31.2 Å². The van der Waals surface area contributed by atoms with Crippen LogP contribution in [0.2, 0.25) is 0 Å². The van der Waals surface area contributed by atoms with Crippen LogP contribution in [0.25, 0.3) is 16.9 Å². The summed E-state index contributed by atoms with van der Waals surface area (Å²) in [6.07, 6.45) is 1.46. The van der Waals surface area contributed by atoms with E-state index in [4.69, 9.17) is 5.11 Å². The van der Waals surface area contributed by atoms with Gasteiger partial charge in [0.25, 0.3) is 5.91 Å². The Kier molecular flexibility index (Phi) is 5.39. The Morgan fingerprint density at radius 1 is 1.21 bits per heavy atom. The first kappa shape index (κ1) is 19.1. The van der Waals surface area contributed by atoms with Crippen molar-refractivity contribution in [2.24, 2.45) is 5.10 Å². The predicted octanol–water partition coefficient (Wildman–Crippen LogP) is 2.74. The normalized spacial score (nSPS) is 13.6. The number of nitrogens with zero attached hydrogens (tertiary/aromatic N) is 2. The topological polar surface area (TPSA) is 102 Å². The lowest BCUT2D eigenvalue weighted by Crippen LogP contribution is -2.38. The first-order chi connectivity index (χ1) is 13.4. The van der Waals surface area contributed by atoms with Gasteiger partial charge >= 0.3 is 5.97 Å². The minimum atomic E-state index is -1.20. The molecule has 0 saturated carbocycles. The Labute approximate surface area is 160 Å². The highest BCUT2D eigenvalue weighted by atomic mass is 19.1. The SMILES string of the molecule is C/C=N\N1Cc2c(cccc2-c2ccc(F)cc2)C(O)=C1C(=O)NCC(=O)O. The van der Waals surface area contributed by atoms with E-state index >= 15 is 0 Å². The number of hydrogen-bond donors (Lipinski definition) is 3. The van der Waals surface area contributed by atoms with Gasteiger partial charge < -0.3 is 15.5 Å². The minimum absolute atomic E-state index is 0.136. The van der Waals surface area contributed by atoms with Crippen LogP contribution in [-0.4, -0.2) is 39.9 Å². The number of carboxylic acid groups (broad SMARTS) is 1. The molecule has 3 rings (SSSR count). The molecule has 0 spiro atoms. The van der Waals surface area contributed by atoms with Gasteiger partial charge in [-0.1, -0.05) is 30.3 Å². The molecule has 0 saturated heterocycles. The van der Waals surface area contributed by atoms with Crippen molar-refractivity contribution in [2.45, 2.75) is 13.5 Å². The van der Waals surface area contributed by atoms with E-state index in [1.807, 2.05) is 6.07 Å². The molecule has 0 aliphatic carbocycles. The van der Waals surface area contributed by atoms with E-state index in [9.17, 15) is 19.1 Å². The van der Waals surface area contributed by atoms with Crippen molar-refractivity contribution >= 4 is 23.9 Å². The first-order valence-corrected chi connectivity index (χ1v) is 8.50. The van der Waals surface area contributed by atoms with Crippen LogP contribution in [0.3, 0.4) is 0 Å². The van der Waals surface area contributed by atoms with Gasteiger partial charge in [0.1, 0.15) is 12.4 Å². The lowest BCUT2D eigenvalue weighted by molar-refractivity contribution is -0.137. The Morgan fingerprint density at radius 3 is 2.54 bits per heavy atom. The van der Waals surface area contributed by atoms with Crippen LogP contribution in [0.4, 0.5) is 4.39 Å². The molecule has 0 radical (unpaired) electrons. The summed E-state index contributed by atoms with van der Waals surface area (Å²) in [7, 11) is 0. The van der Waals surface area contributed by atoms with Gasteiger partial charge in [-0.25, -0.2) is 4.39 Å². The molecule has 1 aliphatic heterocycles. The number of carbonyl (C=O) groups is 2. The maximum atomic E-state index is 13.3. The third-order valence-electron chi connectivity index (χ3n) is 4.25. The zero-order valence-electron chi connectivity index (χ0n) is 15.0. The van der Waals surface area contributed by atoms with Crippen molar-refractivity contribution in [3.63, 3.8) is 0 Å². The Morgan fingerprint density at radius 2 is 1.89 bits per heavy atom. The van der Waals surface area contributed by atoms with E-state index in [2.05, 4.69) is 10.4 Å². The summed E-state index contributed by atoms with van der Waals surface area (Å²) in [6.45, 7) is 1.25. The number of nitrogens with one attached hydrogen (secondary N) is 1. The van der Waals surface area contributed by atoms with Crippen molar-refractivity contribution in [1.82, 2.24) is 10.3 Å². The number of hydrogen-bond acceptors (Lipinski definition) is 5. The summed E-state index contributed by atoms with van der Waals surface area (Å²) in [6, 6.07) is 11.2. The van der Waals surface area contributed by atoms with Crippen LogP contribution < -0.4 is 5.32 Å². The Hall–Kier alpha value is -3.68. The third-order valence-corrected chi connectivity index (χ3v) is 4.25. The molecule has 1 aliphatic rings. The van der Waals surface area contributed by atoms with Crippen LogP contribution in [0.1, 0.15) is 18.1 Å². The van der Waals surface area contributed by atoms with Crippen LogP contribution in [0.5, 0.6) is 0 Å². The fourth-order valence-electron chi connectivity index (χ4n) is 3.06. The van der Waals surface area contributed by atoms with Crippen molar-refractivity contribution < 1.29 is 24.2 Å². The second kappa shape index (κ2) is 7.91. The molecule has 0 unspecified atom stereocenters. The molecule has 2 aromatic carbocycles. The highest BCUT2D eigenvalue weighted by Gasteiger charge is 2.31. The molecular weight excluding hydrogens is 365 g/mol. The predicted molar refractivity (Wildman–Crippen MR) is 102 cm³/mol. The molecule has 1 amide bonds. The van der Waals surface area contributed by atoms with E-state index in [0.717, 1.165) is 11.1 Å². The number of fused-ring (bicyclic) bond motifs is 1. The maximum Gasteiger partial charge on any atom is 0.322 e. The van der Waals surface area contributed by atoms with Crippen LogP contribution in [-0.2, 0) is 16.1 Å². The third kappa shape index (κ3) is 3.71. The molecule has 0 atom stereocenters. The van der Waals surface area contributed by atoms with Gasteiger partial charge in [0.05, 0.1) is 6.54 Å². The number of hydrazone groups is 1. The van der Waals surface area contributed by atoms with Crippen molar-refractivity contribution in [1.29, 1.82) is 0 Å². The van der Waals surface area contributed by atoms with E-state index in [0.29, 0.717) is 11.1 Å². The lowest BCUT2D eigenvalue weighted by Gasteiger charge is -2.29. The van der Waals surface area contributed by atoms with Crippen molar-refractivity contribution in [3.05, 3.63) is 65.1 Å². The van der Waals surface area contributed by atoms with Gasteiger partial charge in [0, 0.05) is 11.8 Å². The highest BCUT2D eigenvalue weighted by molar-refractivity contribution is 6.01. The fraction of sp³-hybridized carbons (Fsp3) is 0.150. The van der Waals surface area contributed by atoms with Gasteiger partial charge in [-0.05, 0) is 35.7 Å². The summed E-state index contributed by atoms with van der Waals surface area (Å²) in [5.41, 5.74) is 2.54. The number of aliphatic hydroxyl groups excluding tert-OH is 1. The number of carbonyl (C=O) groups excluding carboxylic acids is 1. The number of aliphatic hydroxyl groups is 1.